The fraction of sp³-hybridized carbons (Fsp3) is 0.750. The van der Waals surface area contributed by atoms with Crippen molar-refractivity contribution in [1.29, 1.82) is 0 Å². The van der Waals surface area contributed by atoms with Crippen LogP contribution in [0.3, 0.4) is 0 Å². The van der Waals surface area contributed by atoms with Gasteiger partial charge in [0.05, 0.1) is 6.10 Å². The second kappa shape index (κ2) is 5.77. The van der Waals surface area contributed by atoms with Gasteiger partial charge in [0, 0.05) is 6.08 Å². The molecular weight excluding hydrogens is 288 g/mol. The number of cyclic esters (lactones) is 1. The fourth-order valence-corrected chi connectivity index (χ4v) is 5.41. The summed E-state index contributed by atoms with van der Waals surface area (Å²) in [6, 6.07) is 0. The standard InChI is InChI=1S/C20H30O3/c1-13-6-5-7-17-19(3,9-8-15-10-18(22)23-12-15)14(2)16(21)11-20(13,17)4/h6,10,14,16-17,21H,5,7-9,11-12H2,1-4H3/t14-,16-,17-,19+,20+/m1/s1. The van der Waals surface area contributed by atoms with Gasteiger partial charge in [-0.25, -0.2) is 4.79 Å². The van der Waals surface area contributed by atoms with E-state index in [0.717, 1.165) is 31.3 Å². The van der Waals surface area contributed by atoms with Gasteiger partial charge >= 0.3 is 5.97 Å². The van der Waals surface area contributed by atoms with Crippen LogP contribution in [0.15, 0.2) is 23.3 Å². The van der Waals surface area contributed by atoms with Crippen LogP contribution in [0.5, 0.6) is 0 Å². The topological polar surface area (TPSA) is 46.5 Å². The van der Waals surface area contributed by atoms with Gasteiger partial charge < -0.3 is 9.84 Å². The summed E-state index contributed by atoms with van der Waals surface area (Å²) in [6.45, 7) is 9.60. The molecule has 0 saturated heterocycles. The molecule has 1 fully saturated rings. The summed E-state index contributed by atoms with van der Waals surface area (Å²) in [5.41, 5.74) is 2.75. The highest BCUT2D eigenvalue weighted by Crippen LogP contribution is 2.61. The third kappa shape index (κ3) is 2.67. The Morgan fingerprint density at radius 3 is 2.78 bits per heavy atom. The predicted molar refractivity (Wildman–Crippen MR) is 90.8 cm³/mol. The number of esters is 1. The predicted octanol–water partition coefficient (Wildman–Crippen LogP) is 4.02. The van der Waals surface area contributed by atoms with E-state index < -0.39 is 0 Å². The zero-order valence-electron chi connectivity index (χ0n) is 14.9. The Morgan fingerprint density at radius 1 is 1.39 bits per heavy atom. The number of aliphatic hydroxyl groups excluding tert-OH is 1. The van der Waals surface area contributed by atoms with Crippen LogP contribution in [-0.2, 0) is 9.53 Å². The van der Waals surface area contributed by atoms with E-state index >= 15 is 0 Å². The summed E-state index contributed by atoms with van der Waals surface area (Å²) in [5, 5.41) is 10.7. The first kappa shape index (κ1) is 16.8. The minimum atomic E-state index is -0.252. The Labute approximate surface area is 139 Å². The van der Waals surface area contributed by atoms with Gasteiger partial charge in [-0.05, 0) is 67.3 Å². The van der Waals surface area contributed by atoms with Crippen LogP contribution in [0.25, 0.3) is 0 Å². The van der Waals surface area contributed by atoms with E-state index in [4.69, 9.17) is 4.74 Å². The molecule has 0 radical (unpaired) electrons. The van der Waals surface area contributed by atoms with E-state index in [1.165, 1.54) is 12.0 Å². The highest BCUT2D eigenvalue weighted by molar-refractivity contribution is 5.85. The first-order valence-corrected chi connectivity index (χ1v) is 8.99. The van der Waals surface area contributed by atoms with Crippen molar-refractivity contribution in [3.8, 4) is 0 Å². The Morgan fingerprint density at radius 2 is 2.13 bits per heavy atom. The summed E-state index contributed by atoms with van der Waals surface area (Å²) in [4.78, 5) is 11.3. The molecule has 128 valence electrons. The average Bonchev–Trinajstić information content (AvgIpc) is 2.91. The molecule has 1 saturated carbocycles. The first-order chi connectivity index (χ1) is 10.8. The Bertz CT molecular complexity index is 561. The van der Waals surface area contributed by atoms with Crippen molar-refractivity contribution in [2.45, 2.75) is 65.9 Å². The monoisotopic (exact) mass is 318 g/mol. The molecule has 1 heterocycles. The molecule has 2 aliphatic carbocycles. The zero-order chi connectivity index (χ0) is 16.8. The van der Waals surface area contributed by atoms with Crippen LogP contribution in [0.1, 0.15) is 59.8 Å². The number of carbonyl (C=O) groups is 1. The largest absolute Gasteiger partial charge is 0.458 e. The normalized spacial score (nSPS) is 43.5. The van der Waals surface area contributed by atoms with E-state index in [-0.39, 0.29) is 28.8 Å². The van der Waals surface area contributed by atoms with Crippen LogP contribution >= 0.6 is 0 Å². The minimum Gasteiger partial charge on any atom is -0.458 e. The van der Waals surface area contributed by atoms with Crippen LogP contribution in [0.2, 0.25) is 0 Å². The van der Waals surface area contributed by atoms with Crippen LogP contribution in [0.4, 0.5) is 0 Å². The third-order valence-corrected chi connectivity index (χ3v) is 7.33. The van der Waals surface area contributed by atoms with Crippen molar-refractivity contribution in [3.05, 3.63) is 23.3 Å². The molecule has 1 N–H and O–H groups in total. The first-order valence-electron chi connectivity index (χ1n) is 8.99. The molecular formula is C20H30O3. The number of fused-ring (bicyclic) bond motifs is 1. The van der Waals surface area contributed by atoms with Crippen LogP contribution in [-0.4, -0.2) is 23.8 Å². The van der Waals surface area contributed by atoms with E-state index in [9.17, 15) is 9.90 Å². The number of ether oxygens (including phenoxy) is 1. The maximum atomic E-state index is 11.3. The lowest BCUT2D eigenvalue weighted by molar-refractivity contribution is -0.134. The SMILES string of the molecule is CC1=CCC[C@@H]2[C@@](C)(CCC3=CC(=O)OC3)[C@H](C)[C@H](O)C[C@@]12C. The van der Waals surface area contributed by atoms with Gasteiger partial charge in [0.2, 0.25) is 0 Å². The molecule has 0 amide bonds. The maximum Gasteiger partial charge on any atom is 0.331 e. The molecule has 3 rings (SSSR count). The van der Waals surface area contributed by atoms with Crippen molar-refractivity contribution in [3.63, 3.8) is 0 Å². The number of hydrogen-bond donors (Lipinski definition) is 1. The van der Waals surface area contributed by atoms with Gasteiger partial charge in [0.25, 0.3) is 0 Å². The quantitative estimate of drug-likeness (QED) is 0.631. The summed E-state index contributed by atoms with van der Waals surface area (Å²) >= 11 is 0. The summed E-state index contributed by atoms with van der Waals surface area (Å²) in [7, 11) is 0. The van der Waals surface area contributed by atoms with Gasteiger partial charge in [-0.3, -0.25) is 0 Å². The Kier molecular flexibility index (Phi) is 4.20. The lowest BCUT2D eigenvalue weighted by Crippen LogP contribution is -2.55. The lowest BCUT2D eigenvalue weighted by Gasteiger charge is -2.59. The summed E-state index contributed by atoms with van der Waals surface area (Å²) in [5.74, 6) is 0.672. The second-order valence-electron chi connectivity index (χ2n) is 8.41. The molecule has 3 heteroatoms. The van der Waals surface area contributed by atoms with Gasteiger partial charge in [0.15, 0.2) is 0 Å². The highest BCUT2D eigenvalue weighted by Gasteiger charge is 2.56. The number of aliphatic hydroxyl groups is 1. The summed E-state index contributed by atoms with van der Waals surface area (Å²) in [6.07, 6.45) is 8.91. The molecule has 1 aliphatic heterocycles. The zero-order valence-corrected chi connectivity index (χ0v) is 14.9. The number of carbonyl (C=O) groups excluding carboxylic acids is 1. The van der Waals surface area contributed by atoms with Crippen molar-refractivity contribution in [2.24, 2.45) is 22.7 Å². The molecule has 3 nitrogen and oxygen atoms in total. The fourth-order valence-electron chi connectivity index (χ4n) is 5.41. The van der Waals surface area contributed by atoms with E-state index in [0.29, 0.717) is 12.5 Å². The number of hydrogen-bond acceptors (Lipinski definition) is 3. The van der Waals surface area contributed by atoms with Gasteiger partial charge in [-0.15, -0.1) is 0 Å². The molecule has 0 unspecified atom stereocenters. The van der Waals surface area contributed by atoms with E-state index in [1.54, 1.807) is 6.08 Å². The Hall–Kier alpha value is -1.09. The average molecular weight is 318 g/mol. The molecule has 0 spiro atoms. The molecule has 0 aromatic rings. The lowest BCUT2D eigenvalue weighted by atomic mass is 9.46. The van der Waals surface area contributed by atoms with Gasteiger partial charge in [-0.2, -0.15) is 0 Å². The van der Waals surface area contributed by atoms with E-state index in [2.05, 4.69) is 33.8 Å². The van der Waals surface area contributed by atoms with E-state index in [1.807, 2.05) is 0 Å². The molecule has 23 heavy (non-hydrogen) atoms. The molecule has 0 aromatic heterocycles. The maximum absolute atomic E-state index is 11.3. The van der Waals surface area contributed by atoms with Crippen LogP contribution in [0, 0.1) is 22.7 Å². The van der Waals surface area contributed by atoms with Gasteiger partial charge in [-0.1, -0.05) is 32.4 Å². The Balaban J connectivity index is 1.86. The van der Waals surface area contributed by atoms with Gasteiger partial charge in [0.1, 0.15) is 6.61 Å². The van der Waals surface area contributed by atoms with Crippen molar-refractivity contribution in [1.82, 2.24) is 0 Å². The van der Waals surface area contributed by atoms with Crippen molar-refractivity contribution in [2.75, 3.05) is 6.61 Å². The second-order valence-corrected chi connectivity index (χ2v) is 8.41. The molecule has 0 aromatic carbocycles. The number of allylic oxidation sites excluding steroid dienone is 2. The molecule has 3 aliphatic rings. The highest BCUT2D eigenvalue weighted by atomic mass is 16.5. The minimum absolute atomic E-state index is 0.0917. The smallest absolute Gasteiger partial charge is 0.331 e. The van der Waals surface area contributed by atoms with Crippen molar-refractivity contribution < 1.29 is 14.6 Å². The number of rotatable bonds is 3. The molecule has 0 bridgehead atoms. The molecule has 5 atom stereocenters. The van der Waals surface area contributed by atoms with Crippen molar-refractivity contribution >= 4 is 5.97 Å². The van der Waals surface area contributed by atoms with Crippen LogP contribution < -0.4 is 0 Å². The summed E-state index contributed by atoms with van der Waals surface area (Å²) < 4.78 is 5.04. The third-order valence-electron chi connectivity index (χ3n) is 7.33.